The van der Waals surface area contributed by atoms with E-state index in [4.69, 9.17) is 28.4 Å². The van der Waals surface area contributed by atoms with Gasteiger partial charge in [-0.3, -0.25) is 0 Å². The van der Waals surface area contributed by atoms with Crippen molar-refractivity contribution in [2.45, 2.75) is 64.1 Å². The lowest BCUT2D eigenvalue weighted by Gasteiger charge is -2.45. The minimum Gasteiger partial charge on any atom is -0.507 e. The fourth-order valence-electron chi connectivity index (χ4n) is 6.37. The summed E-state index contributed by atoms with van der Waals surface area (Å²) in [5.41, 5.74) is 4.11. The molecule has 5 atom stereocenters. The van der Waals surface area contributed by atoms with Gasteiger partial charge in [0.15, 0.2) is 0 Å². The Labute approximate surface area is 298 Å². The Morgan fingerprint density at radius 1 is 0.490 bits per heavy atom. The Balaban J connectivity index is 1.23. The highest BCUT2D eigenvalue weighted by Gasteiger charge is 2.48. The van der Waals surface area contributed by atoms with Crippen LogP contribution in [0.25, 0.3) is 10.8 Å². The van der Waals surface area contributed by atoms with Crippen LogP contribution in [0, 0.1) is 0 Å². The van der Waals surface area contributed by atoms with Crippen LogP contribution in [0.3, 0.4) is 0 Å². The van der Waals surface area contributed by atoms with Crippen LogP contribution in [0.5, 0.6) is 17.2 Å². The van der Waals surface area contributed by atoms with Crippen molar-refractivity contribution in [1.82, 2.24) is 0 Å². The molecule has 1 fully saturated rings. The Morgan fingerprint density at radius 3 is 1.53 bits per heavy atom. The van der Waals surface area contributed by atoms with Gasteiger partial charge in [-0.1, -0.05) is 133 Å². The van der Waals surface area contributed by atoms with Crippen LogP contribution in [0.1, 0.15) is 29.2 Å². The van der Waals surface area contributed by atoms with Gasteiger partial charge >= 0.3 is 0 Å². The van der Waals surface area contributed by atoms with Crippen LogP contribution in [0.2, 0.25) is 0 Å². The zero-order chi connectivity index (χ0) is 34.8. The molecule has 0 aromatic heterocycles. The Hall–Kier alpha value is -5.18. The summed E-state index contributed by atoms with van der Waals surface area (Å²) >= 11 is 0. The zero-order valence-corrected chi connectivity index (χ0v) is 28.5. The number of phenols is 1. The molecule has 1 N–H and O–H groups in total. The Bertz CT molecular complexity index is 1950. The summed E-state index contributed by atoms with van der Waals surface area (Å²) in [5, 5.41) is 12.2. The van der Waals surface area contributed by atoms with E-state index in [1.54, 1.807) is 12.1 Å². The number of hydrogen-bond donors (Lipinski definition) is 1. The number of rotatable bonds is 14. The van der Waals surface area contributed by atoms with Crippen molar-refractivity contribution in [3.05, 3.63) is 174 Å². The summed E-state index contributed by atoms with van der Waals surface area (Å²) in [7, 11) is 0. The molecule has 7 heteroatoms. The number of phenolic OH excluding ortho intramolecular Hbond substituents is 1. The van der Waals surface area contributed by atoms with E-state index in [-0.39, 0.29) is 5.75 Å². The average molecular weight is 683 g/mol. The number of benzene rings is 6. The van der Waals surface area contributed by atoms with Crippen LogP contribution >= 0.6 is 0 Å². The molecule has 0 spiro atoms. The van der Waals surface area contributed by atoms with E-state index >= 15 is 0 Å². The summed E-state index contributed by atoms with van der Waals surface area (Å²) in [6.07, 6.45) is -3.06. The first-order chi connectivity index (χ1) is 25.1. The maximum absolute atomic E-state index is 10.9. The smallest absolute Gasteiger partial charge is 0.229 e. The first-order valence-corrected chi connectivity index (χ1v) is 17.3. The number of aromatic hydroxyl groups is 1. The van der Waals surface area contributed by atoms with E-state index < -0.39 is 30.7 Å². The molecule has 6 aromatic rings. The lowest BCUT2D eigenvalue weighted by molar-refractivity contribution is -0.300. The Kier molecular flexibility index (Phi) is 11.2. The summed E-state index contributed by atoms with van der Waals surface area (Å²) in [6.45, 7) is 3.36. The molecule has 0 bridgehead atoms. The molecule has 1 saturated heterocycles. The molecule has 0 unspecified atom stereocenters. The molecule has 0 aliphatic carbocycles. The van der Waals surface area contributed by atoms with E-state index in [1.807, 2.05) is 146 Å². The molecule has 7 rings (SSSR count). The monoisotopic (exact) mass is 682 g/mol. The Morgan fingerprint density at radius 2 is 0.980 bits per heavy atom. The van der Waals surface area contributed by atoms with Crippen LogP contribution in [-0.4, -0.2) is 35.8 Å². The third-order valence-corrected chi connectivity index (χ3v) is 9.00. The highest BCUT2D eigenvalue weighted by Crippen LogP contribution is 2.41. The minimum atomic E-state index is -0.893. The van der Waals surface area contributed by atoms with Crippen LogP contribution in [0.4, 0.5) is 0 Å². The average Bonchev–Trinajstić information content (AvgIpc) is 3.18. The van der Waals surface area contributed by atoms with Gasteiger partial charge in [0.05, 0.1) is 31.3 Å². The van der Waals surface area contributed by atoms with Gasteiger partial charge in [0.25, 0.3) is 0 Å². The predicted molar refractivity (Wildman–Crippen MR) is 196 cm³/mol. The summed E-state index contributed by atoms with van der Waals surface area (Å²) in [6, 6.07) is 49.0. The van der Waals surface area contributed by atoms with E-state index in [0.29, 0.717) is 48.7 Å². The highest BCUT2D eigenvalue weighted by molar-refractivity contribution is 5.97. The van der Waals surface area contributed by atoms with Gasteiger partial charge in [-0.15, -0.1) is 0 Å². The van der Waals surface area contributed by atoms with Crippen molar-refractivity contribution in [2.24, 2.45) is 0 Å². The third kappa shape index (κ3) is 8.59. The SMILES string of the molecule is C[C@@H]1O[C@@H](Oc2ccc(O)c3cccc(OCc4ccccc4)c23)[C@H](OCc2ccccc2)[C@H](OCc2ccccc2)[C@H]1OCc1ccccc1. The van der Waals surface area contributed by atoms with E-state index in [0.717, 1.165) is 22.3 Å². The molecule has 1 aliphatic heterocycles. The number of ether oxygens (including phenoxy) is 6. The second kappa shape index (κ2) is 16.7. The molecule has 0 amide bonds. The van der Waals surface area contributed by atoms with Gasteiger partial charge < -0.3 is 33.5 Å². The van der Waals surface area contributed by atoms with Crippen LogP contribution in [0.15, 0.2) is 152 Å². The zero-order valence-electron chi connectivity index (χ0n) is 28.5. The molecular weight excluding hydrogens is 640 g/mol. The van der Waals surface area contributed by atoms with Crippen molar-refractivity contribution in [3.63, 3.8) is 0 Å². The van der Waals surface area contributed by atoms with Crippen LogP contribution < -0.4 is 9.47 Å². The standard InChI is InChI=1S/C44H42O7/c1-31-41(47-28-33-17-8-3-9-18-33)42(48-29-34-19-10-4-11-20-34)43(49-30-35-21-12-5-13-22-35)44(50-31)51-39-26-25-37(45)36-23-14-24-38(40(36)39)46-27-32-15-6-2-7-16-32/h2-26,31,41-45H,27-30H2,1H3/t31-,41-,42+,43+,44-/m0/s1. The lowest BCUT2D eigenvalue weighted by Crippen LogP contribution is -2.60. The lowest BCUT2D eigenvalue weighted by atomic mass is 9.98. The maximum Gasteiger partial charge on any atom is 0.229 e. The molecule has 0 saturated carbocycles. The van der Waals surface area contributed by atoms with Gasteiger partial charge in [-0.25, -0.2) is 0 Å². The van der Waals surface area contributed by atoms with E-state index in [2.05, 4.69) is 0 Å². The van der Waals surface area contributed by atoms with Crippen molar-refractivity contribution >= 4 is 10.8 Å². The molecule has 7 nitrogen and oxygen atoms in total. The third-order valence-electron chi connectivity index (χ3n) is 9.00. The second-order valence-corrected chi connectivity index (χ2v) is 12.6. The fourth-order valence-corrected chi connectivity index (χ4v) is 6.37. The maximum atomic E-state index is 10.9. The van der Waals surface area contributed by atoms with Crippen LogP contribution in [-0.2, 0) is 45.4 Å². The van der Waals surface area contributed by atoms with Gasteiger partial charge in [0.1, 0.15) is 42.2 Å². The fraction of sp³-hybridized carbons (Fsp3) is 0.227. The van der Waals surface area contributed by atoms with Gasteiger partial charge in [-0.05, 0) is 47.4 Å². The van der Waals surface area contributed by atoms with Crippen molar-refractivity contribution in [3.8, 4) is 17.2 Å². The van der Waals surface area contributed by atoms with Crippen molar-refractivity contribution < 1.29 is 33.5 Å². The molecule has 0 radical (unpaired) electrons. The quantitative estimate of drug-likeness (QED) is 0.123. The summed E-state index contributed by atoms with van der Waals surface area (Å²) in [5.74, 6) is 1.19. The minimum absolute atomic E-state index is 0.121. The molecule has 1 heterocycles. The predicted octanol–water partition coefficient (Wildman–Crippen LogP) is 9.00. The normalized spacial score (nSPS) is 20.2. The topological polar surface area (TPSA) is 75.6 Å². The molecular formula is C44H42O7. The summed E-state index contributed by atoms with van der Waals surface area (Å²) < 4.78 is 39.9. The summed E-state index contributed by atoms with van der Waals surface area (Å²) in [4.78, 5) is 0. The first-order valence-electron chi connectivity index (χ1n) is 17.3. The molecule has 260 valence electrons. The molecule has 6 aromatic carbocycles. The van der Waals surface area contributed by atoms with E-state index in [9.17, 15) is 5.11 Å². The number of hydrogen-bond acceptors (Lipinski definition) is 7. The first kappa shape index (κ1) is 34.3. The van der Waals surface area contributed by atoms with Gasteiger partial charge in [0.2, 0.25) is 6.29 Å². The van der Waals surface area contributed by atoms with E-state index in [1.165, 1.54) is 0 Å². The highest BCUT2D eigenvalue weighted by atomic mass is 16.7. The molecule has 51 heavy (non-hydrogen) atoms. The number of fused-ring (bicyclic) bond motifs is 1. The van der Waals surface area contributed by atoms with Crippen molar-refractivity contribution in [1.29, 1.82) is 0 Å². The van der Waals surface area contributed by atoms with Gasteiger partial charge in [0, 0.05) is 5.39 Å². The van der Waals surface area contributed by atoms with Gasteiger partial charge in [-0.2, -0.15) is 0 Å². The largest absolute Gasteiger partial charge is 0.507 e. The van der Waals surface area contributed by atoms with Crippen molar-refractivity contribution in [2.75, 3.05) is 0 Å². The molecule has 1 aliphatic rings. The second-order valence-electron chi connectivity index (χ2n) is 12.6.